The number of nitrogens with zero attached hydrogens (tertiary/aromatic N) is 4. The van der Waals surface area contributed by atoms with Crippen LogP contribution in [0.1, 0.15) is 10.4 Å². The first-order valence-corrected chi connectivity index (χ1v) is 10.2. The van der Waals surface area contributed by atoms with Crippen LogP contribution in [-0.2, 0) is 14.1 Å². The molecule has 0 bridgehead atoms. The van der Waals surface area contributed by atoms with Crippen molar-refractivity contribution in [2.24, 2.45) is 14.1 Å². The number of para-hydroxylation sites is 1. The highest BCUT2D eigenvalue weighted by Crippen LogP contribution is 2.25. The lowest BCUT2D eigenvalue weighted by molar-refractivity contribution is 0.102. The molecule has 1 amide bonds. The molecule has 0 unspecified atom stereocenters. The van der Waals surface area contributed by atoms with E-state index in [1.54, 1.807) is 46.2 Å². The van der Waals surface area contributed by atoms with E-state index in [4.69, 9.17) is 5.10 Å². The van der Waals surface area contributed by atoms with Gasteiger partial charge >= 0.3 is 5.69 Å². The third-order valence-electron chi connectivity index (χ3n) is 5.56. The molecule has 3 aromatic carbocycles. The number of benzene rings is 3. The molecule has 0 saturated carbocycles. The third-order valence-corrected chi connectivity index (χ3v) is 5.56. The SMILES string of the molecule is Cn1c(=O)n(C)c2cc(NC(=O)c3cn(-c4ccccc4)nc3-c3ccccc3)ccc21. The van der Waals surface area contributed by atoms with Gasteiger partial charge in [-0.2, -0.15) is 5.10 Å². The number of aryl methyl sites for hydroxylation is 2. The number of carbonyl (C=O) groups excluding carboxylic acids is 1. The van der Waals surface area contributed by atoms with Crippen LogP contribution in [0.2, 0.25) is 0 Å². The number of anilines is 1. The molecular weight excluding hydrogens is 402 g/mol. The molecule has 0 fully saturated rings. The Bertz CT molecular complexity index is 1490. The molecule has 32 heavy (non-hydrogen) atoms. The zero-order valence-corrected chi connectivity index (χ0v) is 17.7. The van der Waals surface area contributed by atoms with Crippen LogP contribution >= 0.6 is 0 Å². The normalized spacial score (nSPS) is 11.1. The van der Waals surface area contributed by atoms with Gasteiger partial charge in [-0.05, 0) is 30.3 Å². The summed E-state index contributed by atoms with van der Waals surface area (Å²) in [6, 6.07) is 24.7. The van der Waals surface area contributed by atoms with Crippen molar-refractivity contribution in [3.8, 4) is 16.9 Å². The molecule has 0 atom stereocenters. The van der Waals surface area contributed by atoms with E-state index in [2.05, 4.69) is 5.32 Å². The van der Waals surface area contributed by atoms with E-state index in [-0.39, 0.29) is 11.6 Å². The first-order valence-electron chi connectivity index (χ1n) is 10.2. The summed E-state index contributed by atoms with van der Waals surface area (Å²) >= 11 is 0. The zero-order valence-electron chi connectivity index (χ0n) is 17.7. The lowest BCUT2D eigenvalue weighted by atomic mass is 10.1. The molecule has 2 aromatic heterocycles. The summed E-state index contributed by atoms with van der Waals surface area (Å²) in [6.07, 6.45) is 1.74. The number of carbonyl (C=O) groups is 1. The fourth-order valence-corrected chi connectivity index (χ4v) is 3.85. The number of nitrogens with one attached hydrogen (secondary N) is 1. The number of rotatable bonds is 4. The molecule has 0 aliphatic rings. The van der Waals surface area contributed by atoms with Crippen molar-refractivity contribution in [3.05, 3.63) is 101 Å². The van der Waals surface area contributed by atoms with Gasteiger partial charge < -0.3 is 5.32 Å². The van der Waals surface area contributed by atoms with Crippen LogP contribution in [0.5, 0.6) is 0 Å². The van der Waals surface area contributed by atoms with Gasteiger partial charge in [0.05, 0.1) is 22.3 Å². The smallest absolute Gasteiger partial charge is 0.322 e. The maximum Gasteiger partial charge on any atom is 0.328 e. The van der Waals surface area contributed by atoms with Gasteiger partial charge in [0, 0.05) is 31.5 Å². The third kappa shape index (κ3) is 3.30. The molecule has 158 valence electrons. The van der Waals surface area contributed by atoms with E-state index in [1.807, 2.05) is 66.7 Å². The minimum atomic E-state index is -0.272. The molecular formula is C25H21N5O2. The predicted octanol–water partition coefficient (Wildman–Crippen LogP) is 3.98. The Morgan fingerprint density at radius 2 is 1.50 bits per heavy atom. The fraction of sp³-hybridized carbons (Fsp3) is 0.0800. The predicted molar refractivity (Wildman–Crippen MR) is 125 cm³/mol. The number of fused-ring (bicyclic) bond motifs is 1. The molecule has 2 heterocycles. The lowest BCUT2D eigenvalue weighted by Crippen LogP contribution is -2.19. The second kappa shape index (κ2) is 7.70. The van der Waals surface area contributed by atoms with E-state index in [0.717, 1.165) is 22.3 Å². The summed E-state index contributed by atoms with van der Waals surface area (Å²) in [5, 5.41) is 7.66. The summed E-state index contributed by atoms with van der Waals surface area (Å²) in [7, 11) is 3.45. The second-order valence-electron chi connectivity index (χ2n) is 7.60. The lowest BCUT2D eigenvalue weighted by Gasteiger charge is -2.06. The highest BCUT2D eigenvalue weighted by atomic mass is 16.2. The van der Waals surface area contributed by atoms with Crippen LogP contribution in [0.4, 0.5) is 5.69 Å². The summed E-state index contributed by atoms with van der Waals surface area (Å²) in [5.74, 6) is -0.272. The standard InChI is InChI=1S/C25H21N5O2/c1-28-21-14-13-18(15-22(21)29(2)25(28)32)26-24(31)20-16-30(19-11-7-4-8-12-19)27-23(20)17-9-5-3-6-10-17/h3-16H,1-2H3,(H,26,31). The van der Waals surface area contributed by atoms with E-state index >= 15 is 0 Å². The van der Waals surface area contributed by atoms with Gasteiger partial charge in [-0.3, -0.25) is 13.9 Å². The highest BCUT2D eigenvalue weighted by Gasteiger charge is 2.19. The van der Waals surface area contributed by atoms with E-state index in [9.17, 15) is 9.59 Å². The Morgan fingerprint density at radius 1 is 0.844 bits per heavy atom. The molecule has 0 aliphatic heterocycles. The Labute approximate surface area is 184 Å². The van der Waals surface area contributed by atoms with Crippen molar-refractivity contribution in [3.63, 3.8) is 0 Å². The van der Waals surface area contributed by atoms with Gasteiger partial charge in [-0.1, -0.05) is 48.5 Å². The molecule has 0 saturated heterocycles. The van der Waals surface area contributed by atoms with E-state index in [0.29, 0.717) is 16.9 Å². The Kier molecular flexibility index (Phi) is 4.71. The summed E-state index contributed by atoms with van der Waals surface area (Å²) in [4.78, 5) is 25.5. The fourth-order valence-electron chi connectivity index (χ4n) is 3.85. The molecule has 5 rings (SSSR count). The van der Waals surface area contributed by atoms with Crippen LogP contribution < -0.4 is 11.0 Å². The molecule has 0 aliphatic carbocycles. The first-order chi connectivity index (χ1) is 15.5. The van der Waals surface area contributed by atoms with Crippen molar-refractivity contribution < 1.29 is 4.79 Å². The highest BCUT2D eigenvalue weighted by molar-refractivity contribution is 6.08. The van der Waals surface area contributed by atoms with Gasteiger partial charge in [0.2, 0.25) is 0 Å². The van der Waals surface area contributed by atoms with E-state index in [1.165, 1.54) is 0 Å². The van der Waals surface area contributed by atoms with Crippen LogP contribution in [0.15, 0.2) is 89.9 Å². The zero-order chi connectivity index (χ0) is 22.2. The van der Waals surface area contributed by atoms with Crippen molar-refractivity contribution in [2.45, 2.75) is 0 Å². The summed E-state index contributed by atoms with van der Waals surface area (Å²) in [6.45, 7) is 0. The largest absolute Gasteiger partial charge is 0.328 e. The summed E-state index contributed by atoms with van der Waals surface area (Å²) in [5.41, 5.74) is 4.82. The van der Waals surface area contributed by atoms with Crippen molar-refractivity contribution in [1.82, 2.24) is 18.9 Å². The number of amides is 1. The Balaban J connectivity index is 1.56. The maximum atomic E-state index is 13.3. The monoisotopic (exact) mass is 423 g/mol. The van der Waals surface area contributed by atoms with Crippen molar-refractivity contribution in [1.29, 1.82) is 0 Å². The van der Waals surface area contributed by atoms with Crippen LogP contribution in [0.3, 0.4) is 0 Å². The maximum absolute atomic E-state index is 13.3. The molecule has 1 N–H and O–H groups in total. The van der Waals surface area contributed by atoms with Gasteiger partial charge in [0.25, 0.3) is 5.91 Å². The first kappa shape index (κ1) is 19.6. The number of aromatic nitrogens is 4. The molecule has 0 radical (unpaired) electrons. The van der Waals surface area contributed by atoms with Crippen LogP contribution in [-0.4, -0.2) is 24.8 Å². The van der Waals surface area contributed by atoms with Crippen LogP contribution in [0.25, 0.3) is 28.0 Å². The topological polar surface area (TPSA) is 73.8 Å². The number of hydrogen-bond donors (Lipinski definition) is 1. The minimum absolute atomic E-state index is 0.112. The quantitative estimate of drug-likeness (QED) is 0.475. The van der Waals surface area contributed by atoms with Crippen molar-refractivity contribution in [2.75, 3.05) is 5.32 Å². The Hall–Kier alpha value is -4.39. The van der Waals surface area contributed by atoms with E-state index < -0.39 is 0 Å². The Morgan fingerprint density at radius 3 is 2.22 bits per heavy atom. The molecule has 0 spiro atoms. The van der Waals surface area contributed by atoms with Crippen LogP contribution in [0, 0.1) is 0 Å². The molecule has 7 heteroatoms. The van der Waals surface area contributed by atoms with Gasteiger partial charge in [-0.15, -0.1) is 0 Å². The van der Waals surface area contributed by atoms with Crippen molar-refractivity contribution >= 4 is 22.6 Å². The molecule has 5 aromatic rings. The van der Waals surface area contributed by atoms with Gasteiger partial charge in [0.15, 0.2) is 0 Å². The number of hydrogen-bond acceptors (Lipinski definition) is 3. The number of imidazole rings is 1. The van der Waals surface area contributed by atoms with Gasteiger partial charge in [0.1, 0.15) is 5.69 Å². The van der Waals surface area contributed by atoms with Gasteiger partial charge in [-0.25, -0.2) is 9.48 Å². The average molecular weight is 423 g/mol. The summed E-state index contributed by atoms with van der Waals surface area (Å²) < 4.78 is 4.85. The average Bonchev–Trinajstić information content (AvgIpc) is 3.37. The second-order valence-corrected chi connectivity index (χ2v) is 7.60. The molecule has 7 nitrogen and oxygen atoms in total. The minimum Gasteiger partial charge on any atom is -0.322 e.